The highest BCUT2D eigenvalue weighted by molar-refractivity contribution is 5.98. The summed E-state index contributed by atoms with van der Waals surface area (Å²) < 4.78 is 5.21. The van der Waals surface area contributed by atoms with Crippen molar-refractivity contribution in [2.75, 3.05) is 6.54 Å². The molecule has 0 atom stereocenters. The molecule has 1 aromatic heterocycles. The summed E-state index contributed by atoms with van der Waals surface area (Å²) in [5.74, 6) is -0.0911. The molecule has 0 aliphatic rings. The minimum atomic E-state index is -0.444. The molecule has 28 heavy (non-hydrogen) atoms. The van der Waals surface area contributed by atoms with Gasteiger partial charge in [0.2, 0.25) is 0 Å². The first-order valence-corrected chi connectivity index (χ1v) is 9.38. The third kappa shape index (κ3) is 5.13. The van der Waals surface area contributed by atoms with E-state index in [1.807, 2.05) is 62.5 Å². The zero-order valence-electron chi connectivity index (χ0n) is 16.1. The van der Waals surface area contributed by atoms with Crippen molar-refractivity contribution in [3.05, 3.63) is 71.4 Å². The molecular weight excluding hydrogens is 354 g/mol. The van der Waals surface area contributed by atoms with E-state index in [9.17, 15) is 9.59 Å². The van der Waals surface area contributed by atoms with E-state index in [1.54, 1.807) is 6.07 Å². The standard InChI is InChI=1S/C22H25N3O3/c1-15(2)25-21(26)17-8-9-20-19(12-17)18(13-24-20)10-11-23-22(27)28-14-16-6-4-3-5-7-16/h3-9,12-13,15,24H,10-11,14H2,1-2H3,(H,23,27)(H,25,26). The van der Waals surface area contributed by atoms with Gasteiger partial charge >= 0.3 is 6.09 Å². The van der Waals surface area contributed by atoms with Crippen molar-refractivity contribution < 1.29 is 14.3 Å². The Labute approximate surface area is 164 Å². The quantitative estimate of drug-likeness (QED) is 0.584. The van der Waals surface area contributed by atoms with Gasteiger partial charge < -0.3 is 20.4 Å². The fourth-order valence-corrected chi connectivity index (χ4v) is 2.95. The van der Waals surface area contributed by atoms with Gasteiger partial charge in [-0.05, 0) is 49.6 Å². The van der Waals surface area contributed by atoms with Crippen molar-refractivity contribution in [1.82, 2.24) is 15.6 Å². The Kier molecular flexibility index (Phi) is 6.32. The lowest BCUT2D eigenvalue weighted by Crippen LogP contribution is -2.30. The smallest absolute Gasteiger partial charge is 0.407 e. The van der Waals surface area contributed by atoms with Crippen LogP contribution in [0.25, 0.3) is 10.9 Å². The van der Waals surface area contributed by atoms with E-state index >= 15 is 0 Å². The summed E-state index contributed by atoms with van der Waals surface area (Å²) in [5.41, 5.74) is 3.57. The molecule has 0 radical (unpaired) electrons. The van der Waals surface area contributed by atoms with Crippen LogP contribution in [0.4, 0.5) is 4.79 Å². The molecule has 1 heterocycles. The lowest BCUT2D eigenvalue weighted by molar-refractivity contribution is 0.0943. The van der Waals surface area contributed by atoms with Crippen LogP contribution in [0.1, 0.15) is 35.3 Å². The number of benzene rings is 2. The molecular formula is C22H25N3O3. The molecule has 0 bridgehead atoms. The Hall–Kier alpha value is -3.28. The largest absolute Gasteiger partial charge is 0.445 e. The molecule has 2 aromatic carbocycles. The number of fused-ring (bicyclic) bond motifs is 1. The Morgan fingerprint density at radius 1 is 1.11 bits per heavy atom. The molecule has 6 heteroatoms. The topological polar surface area (TPSA) is 83.2 Å². The SMILES string of the molecule is CC(C)NC(=O)c1ccc2[nH]cc(CCNC(=O)OCc3ccccc3)c2c1. The van der Waals surface area contributed by atoms with Crippen LogP contribution in [-0.2, 0) is 17.8 Å². The average Bonchev–Trinajstić information content (AvgIpc) is 3.09. The predicted octanol–water partition coefficient (Wildman–Crippen LogP) is 3.78. The monoisotopic (exact) mass is 379 g/mol. The Balaban J connectivity index is 1.55. The van der Waals surface area contributed by atoms with Crippen LogP contribution >= 0.6 is 0 Å². The van der Waals surface area contributed by atoms with Gasteiger partial charge in [0.1, 0.15) is 6.61 Å². The van der Waals surface area contributed by atoms with Crippen LogP contribution in [0.2, 0.25) is 0 Å². The Bertz CT molecular complexity index is 948. The molecule has 6 nitrogen and oxygen atoms in total. The van der Waals surface area contributed by atoms with Crippen LogP contribution in [0.15, 0.2) is 54.7 Å². The Morgan fingerprint density at radius 2 is 1.89 bits per heavy atom. The van der Waals surface area contributed by atoms with Gasteiger partial charge in [-0.1, -0.05) is 30.3 Å². The number of hydrogen-bond acceptors (Lipinski definition) is 3. The summed E-state index contributed by atoms with van der Waals surface area (Å²) in [7, 11) is 0. The number of amides is 2. The number of alkyl carbamates (subject to hydrolysis) is 1. The minimum absolute atomic E-state index is 0.0833. The number of nitrogens with one attached hydrogen (secondary N) is 3. The highest BCUT2D eigenvalue weighted by Gasteiger charge is 2.11. The normalized spacial score (nSPS) is 10.8. The summed E-state index contributed by atoms with van der Waals surface area (Å²) in [6.07, 6.45) is 2.10. The summed E-state index contributed by atoms with van der Waals surface area (Å²) in [4.78, 5) is 27.3. The average molecular weight is 379 g/mol. The molecule has 0 saturated carbocycles. The maximum absolute atomic E-state index is 12.2. The van der Waals surface area contributed by atoms with E-state index in [4.69, 9.17) is 4.74 Å². The van der Waals surface area contributed by atoms with Crippen molar-refractivity contribution in [3.8, 4) is 0 Å². The number of rotatable bonds is 7. The van der Waals surface area contributed by atoms with Crippen molar-refractivity contribution in [2.24, 2.45) is 0 Å². The number of H-pyrrole nitrogens is 1. The molecule has 3 aromatic rings. The zero-order valence-corrected chi connectivity index (χ0v) is 16.1. The van der Waals surface area contributed by atoms with Gasteiger partial charge in [0.05, 0.1) is 0 Å². The maximum Gasteiger partial charge on any atom is 0.407 e. The van der Waals surface area contributed by atoms with E-state index in [0.29, 0.717) is 18.5 Å². The lowest BCUT2D eigenvalue weighted by atomic mass is 10.1. The van der Waals surface area contributed by atoms with Crippen molar-refractivity contribution in [2.45, 2.75) is 32.9 Å². The number of carbonyl (C=O) groups is 2. The van der Waals surface area contributed by atoms with Gasteiger partial charge in [-0.3, -0.25) is 4.79 Å². The third-order valence-corrected chi connectivity index (χ3v) is 4.33. The van der Waals surface area contributed by atoms with Gasteiger partial charge in [0.15, 0.2) is 0 Å². The Morgan fingerprint density at radius 3 is 2.64 bits per heavy atom. The molecule has 0 saturated heterocycles. The predicted molar refractivity (Wildman–Crippen MR) is 109 cm³/mol. The van der Waals surface area contributed by atoms with E-state index in [0.717, 1.165) is 22.0 Å². The molecule has 0 unspecified atom stereocenters. The maximum atomic E-state index is 12.2. The molecule has 3 rings (SSSR count). The number of ether oxygens (including phenoxy) is 1. The fourth-order valence-electron chi connectivity index (χ4n) is 2.95. The van der Waals surface area contributed by atoms with Crippen molar-refractivity contribution >= 4 is 22.9 Å². The second kappa shape index (κ2) is 9.08. The van der Waals surface area contributed by atoms with Gasteiger partial charge in [0.25, 0.3) is 5.91 Å². The molecule has 0 aliphatic carbocycles. The number of carbonyl (C=O) groups excluding carboxylic acids is 2. The second-order valence-electron chi connectivity index (χ2n) is 6.94. The van der Waals surface area contributed by atoms with Crippen LogP contribution in [-0.4, -0.2) is 29.6 Å². The molecule has 3 N–H and O–H groups in total. The van der Waals surface area contributed by atoms with Gasteiger partial charge in [-0.2, -0.15) is 0 Å². The molecule has 0 spiro atoms. The molecule has 0 fully saturated rings. The van der Waals surface area contributed by atoms with Gasteiger partial charge in [-0.15, -0.1) is 0 Å². The molecule has 146 valence electrons. The number of aromatic nitrogens is 1. The number of aromatic amines is 1. The molecule has 2 amide bonds. The highest BCUT2D eigenvalue weighted by atomic mass is 16.5. The highest BCUT2D eigenvalue weighted by Crippen LogP contribution is 2.20. The van der Waals surface area contributed by atoms with Crippen LogP contribution < -0.4 is 10.6 Å². The minimum Gasteiger partial charge on any atom is -0.445 e. The van der Waals surface area contributed by atoms with Crippen molar-refractivity contribution in [3.63, 3.8) is 0 Å². The lowest BCUT2D eigenvalue weighted by Gasteiger charge is -2.09. The zero-order chi connectivity index (χ0) is 19.9. The first kappa shape index (κ1) is 19.5. The first-order valence-electron chi connectivity index (χ1n) is 9.38. The summed E-state index contributed by atoms with van der Waals surface area (Å²) in [6.45, 7) is 4.55. The van der Waals surface area contributed by atoms with Gasteiger partial charge in [0, 0.05) is 35.2 Å². The summed E-state index contributed by atoms with van der Waals surface area (Å²) >= 11 is 0. The summed E-state index contributed by atoms with van der Waals surface area (Å²) in [5, 5.41) is 6.65. The van der Waals surface area contributed by atoms with Crippen LogP contribution in [0, 0.1) is 0 Å². The van der Waals surface area contributed by atoms with E-state index in [1.165, 1.54) is 0 Å². The second-order valence-corrected chi connectivity index (χ2v) is 6.94. The van der Waals surface area contributed by atoms with Crippen LogP contribution in [0.3, 0.4) is 0 Å². The van der Waals surface area contributed by atoms with E-state index < -0.39 is 6.09 Å². The molecule has 0 aliphatic heterocycles. The van der Waals surface area contributed by atoms with Crippen LogP contribution in [0.5, 0.6) is 0 Å². The van der Waals surface area contributed by atoms with E-state index in [-0.39, 0.29) is 18.6 Å². The van der Waals surface area contributed by atoms with Gasteiger partial charge in [-0.25, -0.2) is 4.79 Å². The van der Waals surface area contributed by atoms with E-state index in [2.05, 4.69) is 15.6 Å². The summed E-state index contributed by atoms with van der Waals surface area (Å²) in [6, 6.07) is 15.2. The third-order valence-electron chi connectivity index (χ3n) is 4.33. The first-order chi connectivity index (χ1) is 13.5. The van der Waals surface area contributed by atoms with Crippen molar-refractivity contribution in [1.29, 1.82) is 0 Å². The fraction of sp³-hybridized carbons (Fsp3) is 0.273. The number of hydrogen-bond donors (Lipinski definition) is 3.